The standard InChI is InChI=1S/C9H4ClF2NS/c10-9-13-8(4-14-9)5-1-2-6(11)7(12)3-5/h1-4H. The van der Waals surface area contributed by atoms with Crippen molar-refractivity contribution >= 4 is 22.9 Å². The highest BCUT2D eigenvalue weighted by Gasteiger charge is 2.06. The Kier molecular flexibility index (Phi) is 2.48. The van der Waals surface area contributed by atoms with Crippen LogP contribution in [-0.4, -0.2) is 4.98 Å². The monoisotopic (exact) mass is 231 g/mol. The lowest BCUT2D eigenvalue weighted by molar-refractivity contribution is 0.509. The van der Waals surface area contributed by atoms with Gasteiger partial charge in [-0.2, -0.15) is 0 Å². The second-order valence-electron chi connectivity index (χ2n) is 2.61. The largest absolute Gasteiger partial charge is 0.225 e. The minimum atomic E-state index is -0.883. The van der Waals surface area contributed by atoms with E-state index in [1.54, 1.807) is 5.38 Å². The molecule has 0 aliphatic rings. The second-order valence-corrected chi connectivity index (χ2v) is 4.05. The van der Waals surface area contributed by atoms with Gasteiger partial charge in [0.2, 0.25) is 0 Å². The van der Waals surface area contributed by atoms with E-state index in [0.29, 0.717) is 15.7 Å². The maximum atomic E-state index is 12.8. The minimum absolute atomic E-state index is 0.379. The van der Waals surface area contributed by atoms with Crippen molar-refractivity contribution in [3.63, 3.8) is 0 Å². The molecule has 1 heterocycles. The Balaban J connectivity index is 2.47. The topological polar surface area (TPSA) is 12.9 Å². The number of aromatic nitrogens is 1. The zero-order chi connectivity index (χ0) is 10.1. The molecule has 14 heavy (non-hydrogen) atoms. The number of thiazole rings is 1. The van der Waals surface area contributed by atoms with Gasteiger partial charge in [0, 0.05) is 10.9 Å². The molecule has 0 fully saturated rings. The molecule has 0 atom stereocenters. The van der Waals surface area contributed by atoms with E-state index in [1.807, 2.05) is 0 Å². The molecule has 2 rings (SSSR count). The SMILES string of the molecule is Fc1ccc(-c2csc(Cl)n2)cc1F. The molecule has 0 amide bonds. The number of benzene rings is 1. The molecule has 0 unspecified atom stereocenters. The molecule has 0 bridgehead atoms. The minimum Gasteiger partial charge on any atom is -0.225 e. The smallest absolute Gasteiger partial charge is 0.184 e. The van der Waals surface area contributed by atoms with Gasteiger partial charge in [-0.3, -0.25) is 0 Å². The maximum absolute atomic E-state index is 12.8. The fraction of sp³-hybridized carbons (Fsp3) is 0. The summed E-state index contributed by atoms with van der Waals surface area (Å²) in [6.45, 7) is 0. The number of rotatable bonds is 1. The normalized spacial score (nSPS) is 10.5. The average molecular weight is 232 g/mol. The zero-order valence-electron chi connectivity index (χ0n) is 6.80. The van der Waals surface area contributed by atoms with Gasteiger partial charge in [0.25, 0.3) is 0 Å². The quantitative estimate of drug-likeness (QED) is 0.729. The van der Waals surface area contributed by atoms with E-state index in [4.69, 9.17) is 11.6 Å². The highest BCUT2D eigenvalue weighted by atomic mass is 35.5. The Labute approximate surface area is 88.0 Å². The van der Waals surface area contributed by atoms with Gasteiger partial charge in [0.05, 0.1) is 5.69 Å². The summed E-state index contributed by atoms with van der Waals surface area (Å²) in [5.74, 6) is -1.75. The first-order valence-corrected chi connectivity index (χ1v) is 4.99. The summed E-state index contributed by atoms with van der Waals surface area (Å²) in [7, 11) is 0. The lowest BCUT2D eigenvalue weighted by Crippen LogP contribution is -1.85. The molecule has 0 spiro atoms. The van der Waals surface area contributed by atoms with E-state index in [9.17, 15) is 8.78 Å². The average Bonchev–Trinajstić information content (AvgIpc) is 2.57. The third-order valence-corrected chi connectivity index (χ3v) is 2.67. The van der Waals surface area contributed by atoms with Gasteiger partial charge in [-0.1, -0.05) is 11.6 Å². The fourth-order valence-corrected chi connectivity index (χ4v) is 1.81. The molecule has 0 saturated carbocycles. The molecule has 0 N–H and O–H groups in total. The van der Waals surface area contributed by atoms with Crippen molar-refractivity contribution in [3.05, 3.63) is 39.7 Å². The Bertz CT molecular complexity index is 470. The summed E-state index contributed by atoms with van der Waals surface area (Å²) in [4.78, 5) is 3.95. The molecule has 1 nitrogen and oxygen atoms in total. The first-order valence-electron chi connectivity index (χ1n) is 3.73. The highest BCUT2D eigenvalue weighted by molar-refractivity contribution is 7.14. The van der Waals surface area contributed by atoms with Gasteiger partial charge in [0.15, 0.2) is 16.1 Å². The predicted molar refractivity (Wildman–Crippen MR) is 52.5 cm³/mol. The summed E-state index contributed by atoms with van der Waals surface area (Å²) < 4.78 is 25.8. The number of hydrogen-bond donors (Lipinski definition) is 0. The number of hydrogen-bond acceptors (Lipinski definition) is 2. The lowest BCUT2D eigenvalue weighted by atomic mass is 10.2. The van der Waals surface area contributed by atoms with Crippen LogP contribution in [0.4, 0.5) is 8.78 Å². The van der Waals surface area contributed by atoms with Gasteiger partial charge in [-0.25, -0.2) is 13.8 Å². The van der Waals surface area contributed by atoms with Crippen molar-refractivity contribution in [1.29, 1.82) is 0 Å². The van der Waals surface area contributed by atoms with Crippen LogP contribution >= 0.6 is 22.9 Å². The molecule has 1 aromatic carbocycles. The van der Waals surface area contributed by atoms with Gasteiger partial charge < -0.3 is 0 Å². The second kappa shape index (κ2) is 3.63. The van der Waals surface area contributed by atoms with Crippen LogP contribution < -0.4 is 0 Å². The summed E-state index contributed by atoms with van der Waals surface area (Å²) in [6.07, 6.45) is 0. The van der Waals surface area contributed by atoms with E-state index >= 15 is 0 Å². The van der Waals surface area contributed by atoms with Crippen molar-refractivity contribution in [3.8, 4) is 11.3 Å². The van der Waals surface area contributed by atoms with Crippen LogP contribution in [0.5, 0.6) is 0 Å². The van der Waals surface area contributed by atoms with Gasteiger partial charge >= 0.3 is 0 Å². The molecule has 1 aromatic heterocycles. The molecule has 0 saturated heterocycles. The lowest BCUT2D eigenvalue weighted by Gasteiger charge is -1.96. The Morgan fingerprint density at radius 2 is 2.00 bits per heavy atom. The van der Waals surface area contributed by atoms with Crippen LogP contribution in [0.25, 0.3) is 11.3 Å². The third kappa shape index (κ3) is 1.76. The van der Waals surface area contributed by atoms with E-state index in [1.165, 1.54) is 17.4 Å². The van der Waals surface area contributed by atoms with Crippen molar-refractivity contribution in [2.45, 2.75) is 0 Å². The van der Waals surface area contributed by atoms with Crippen LogP contribution in [0.15, 0.2) is 23.6 Å². The molecular weight excluding hydrogens is 228 g/mol. The number of nitrogens with zero attached hydrogens (tertiary/aromatic N) is 1. The summed E-state index contributed by atoms with van der Waals surface area (Å²) in [6, 6.07) is 3.63. The van der Waals surface area contributed by atoms with Gasteiger partial charge in [-0.15, -0.1) is 11.3 Å². The molecule has 72 valence electrons. The predicted octanol–water partition coefficient (Wildman–Crippen LogP) is 3.74. The molecule has 0 aliphatic heterocycles. The van der Waals surface area contributed by atoms with Crippen LogP contribution in [-0.2, 0) is 0 Å². The van der Waals surface area contributed by atoms with Crippen molar-refractivity contribution < 1.29 is 8.78 Å². The van der Waals surface area contributed by atoms with Crippen LogP contribution in [0, 0.1) is 11.6 Å². The first kappa shape index (κ1) is 9.55. The summed E-state index contributed by atoms with van der Waals surface area (Å²) in [5, 5.41) is 1.69. The summed E-state index contributed by atoms with van der Waals surface area (Å²) in [5.41, 5.74) is 1.07. The van der Waals surface area contributed by atoms with Crippen molar-refractivity contribution in [1.82, 2.24) is 4.98 Å². The van der Waals surface area contributed by atoms with E-state index in [-0.39, 0.29) is 0 Å². The summed E-state index contributed by atoms with van der Waals surface area (Å²) >= 11 is 6.87. The molecule has 0 aliphatic carbocycles. The zero-order valence-corrected chi connectivity index (χ0v) is 8.37. The van der Waals surface area contributed by atoms with E-state index < -0.39 is 11.6 Å². The fourth-order valence-electron chi connectivity index (χ4n) is 1.04. The van der Waals surface area contributed by atoms with Gasteiger partial charge in [0.1, 0.15) is 0 Å². The first-order chi connectivity index (χ1) is 6.66. The molecular formula is C9H4ClF2NS. The van der Waals surface area contributed by atoms with Crippen molar-refractivity contribution in [2.24, 2.45) is 0 Å². The van der Waals surface area contributed by atoms with Gasteiger partial charge in [-0.05, 0) is 18.2 Å². The van der Waals surface area contributed by atoms with Crippen LogP contribution in [0.3, 0.4) is 0 Å². The Morgan fingerprint density at radius 3 is 2.57 bits per heavy atom. The van der Waals surface area contributed by atoms with Crippen molar-refractivity contribution in [2.75, 3.05) is 0 Å². The van der Waals surface area contributed by atoms with E-state index in [0.717, 1.165) is 12.1 Å². The number of halogens is 3. The van der Waals surface area contributed by atoms with E-state index in [2.05, 4.69) is 4.98 Å². The maximum Gasteiger partial charge on any atom is 0.184 e. The third-order valence-electron chi connectivity index (χ3n) is 1.69. The highest BCUT2D eigenvalue weighted by Crippen LogP contribution is 2.25. The molecule has 0 radical (unpaired) electrons. The Hall–Kier alpha value is -1.00. The van der Waals surface area contributed by atoms with Crippen LogP contribution in [0.2, 0.25) is 4.47 Å². The molecule has 5 heteroatoms. The molecule has 2 aromatic rings. The Morgan fingerprint density at radius 1 is 1.21 bits per heavy atom. The van der Waals surface area contributed by atoms with Crippen LogP contribution in [0.1, 0.15) is 0 Å².